The first-order valence-electron chi connectivity index (χ1n) is 10.8. The number of benzene rings is 4. The van der Waals surface area contributed by atoms with Crippen LogP contribution in [0.2, 0.25) is 0 Å². The van der Waals surface area contributed by atoms with Gasteiger partial charge in [-0.15, -0.1) is 0 Å². The molecular formula is C26H23Cl2NiO6P2. The molecule has 0 bridgehead atoms. The Morgan fingerprint density at radius 2 is 0.811 bits per heavy atom. The van der Waals surface area contributed by atoms with Crippen LogP contribution in [0.4, 0.5) is 0 Å². The molecule has 0 atom stereocenters. The van der Waals surface area contributed by atoms with Gasteiger partial charge in [-0.1, -0.05) is 72.8 Å². The van der Waals surface area contributed by atoms with Crippen LogP contribution in [0.1, 0.15) is 0 Å². The SMILES string of the molecule is O=P([CH-]CP(=O)(Oc1ccccc1)Oc1ccccc1)(Oc1ccccc1)Oc1ccccc1.[Cl][Ni+][Cl]. The standard InChI is InChI=1S/C26H23O6P2.2ClH.Ni/c27-33(29-23-13-5-1-6-14-23,30-24-15-7-2-8-16-24)21-22-34(28,31-25-17-9-3-10-18-25)32-26-19-11-4-12-20-26;;;/h1-21H,22H2;2*1H;/q-1;;;+3/p-2. The van der Waals surface area contributed by atoms with Crippen molar-refractivity contribution in [2.75, 3.05) is 6.16 Å². The van der Waals surface area contributed by atoms with Gasteiger partial charge >= 0.3 is 40.6 Å². The third kappa shape index (κ3) is 10.5. The average Bonchev–Trinajstić information content (AvgIpc) is 2.90. The molecule has 0 aliphatic carbocycles. The van der Waals surface area contributed by atoms with E-state index in [4.69, 9.17) is 38.5 Å². The van der Waals surface area contributed by atoms with E-state index in [1.165, 1.54) is 6.16 Å². The van der Waals surface area contributed by atoms with Crippen LogP contribution >= 0.6 is 35.6 Å². The van der Waals surface area contributed by atoms with Gasteiger partial charge in [0.2, 0.25) is 0 Å². The molecule has 0 saturated heterocycles. The van der Waals surface area contributed by atoms with E-state index in [1.807, 2.05) is 24.3 Å². The van der Waals surface area contributed by atoms with Gasteiger partial charge in [-0.25, -0.2) is 4.57 Å². The van der Waals surface area contributed by atoms with Crippen molar-refractivity contribution in [1.82, 2.24) is 0 Å². The summed E-state index contributed by atoms with van der Waals surface area (Å²) in [5.74, 6) is 1.41. The molecule has 0 aliphatic heterocycles. The average molecular weight is 623 g/mol. The number of halogens is 2. The fourth-order valence-electron chi connectivity index (χ4n) is 2.93. The van der Waals surface area contributed by atoms with Crippen molar-refractivity contribution in [2.24, 2.45) is 0 Å². The third-order valence-corrected chi connectivity index (χ3v) is 7.91. The molecule has 197 valence electrons. The summed E-state index contributed by atoms with van der Waals surface area (Å²) < 4.78 is 50.6. The van der Waals surface area contributed by atoms with Crippen molar-refractivity contribution in [3.05, 3.63) is 127 Å². The first-order valence-corrected chi connectivity index (χ1v) is 16.8. The minimum atomic E-state index is -3.93. The molecule has 4 aromatic rings. The van der Waals surface area contributed by atoms with Crippen LogP contribution in [0, 0.1) is 6.16 Å². The van der Waals surface area contributed by atoms with Crippen LogP contribution in [0.15, 0.2) is 121 Å². The third-order valence-electron chi connectivity index (χ3n) is 4.46. The predicted octanol–water partition coefficient (Wildman–Crippen LogP) is 9.23. The second-order valence-corrected chi connectivity index (χ2v) is 12.6. The first-order chi connectivity index (χ1) is 17.9. The van der Waals surface area contributed by atoms with Crippen LogP contribution < -0.4 is 18.1 Å². The topological polar surface area (TPSA) is 71.1 Å². The molecule has 4 aromatic carbocycles. The predicted molar refractivity (Wildman–Crippen MR) is 144 cm³/mol. The summed E-state index contributed by atoms with van der Waals surface area (Å²) in [6.45, 7) is 0. The Hall–Kier alpha value is -2.39. The van der Waals surface area contributed by atoms with Gasteiger partial charge in [-0.2, -0.15) is 6.16 Å². The first kappa shape index (κ1) is 29.2. The van der Waals surface area contributed by atoms with Crippen LogP contribution in [0.25, 0.3) is 0 Å². The molecule has 0 aliphatic rings. The molecule has 0 radical (unpaired) electrons. The summed E-state index contributed by atoms with van der Waals surface area (Å²) in [5, 5.41) is 0. The maximum absolute atomic E-state index is 13.8. The Balaban J connectivity index is 0.00000121. The monoisotopic (exact) mass is 621 g/mol. The number of hydrogen-bond acceptors (Lipinski definition) is 6. The Bertz CT molecular complexity index is 1090. The molecule has 0 fully saturated rings. The quantitative estimate of drug-likeness (QED) is 0.0943. The molecule has 6 nitrogen and oxygen atoms in total. The van der Waals surface area contributed by atoms with Crippen LogP contribution in [0.3, 0.4) is 0 Å². The summed E-state index contributed by atoms with van der Waals surface area (Å²) in [6.07, 6.45) is 0.910. The van der Waals surface area contributed by atoms with E-state index < -0.39 is 15.2 Å². The second-order valence-electron chi connectivity index (χ2n) is 7.18. The van der Waals surface area contributed by atoms with E-state index in [0.29, 0.717) is 35.7 Å². The minimum absolute atomic E-state index is 0.326. The molecule has 37 heavy (non-hydrogen) atoms. The second kappa shape index (κ2) is 15.1. The molecule has 0 N–H and O–H groups in total. The fraction of sp³-hybridized carbons (Fsp3) is 0.0385. The van der Waals surface area contributed by atoms with Crippen LogP contribution in [-0.4, -0.2) is 6.16 Å². The molecule has 0 aromatic heterocycles. The van der Waals surface area contributed by atoms with E-state index >= 15 is 0 Å². The maximum atomic E-state index is 13.8. The van der Waals surface area contributed by atoms with Crippen LogP contribution in [0.5, 0.6) is 23.0 Å². The van der Waals surface area contributed by atoms with E-state index in [0.717, 1.165) is 0 Å². The van der Waals surface area contributed by atoms with Gasteiger partial charge in [0.1, 0.15) is 23.0 Å². The van der Waals surface area contributed by atoms with Crippen molar-refractivity contribution in [3.8, 4) is 23.0 Å². The molecule has 0 heterocycles. The van der Waals surface area contributed by atoms with Crippen molar-refractivity contribution in [1.29, 1.82) is 0 Å². The van der Waals surface area contributed by atoms with Gasteiger partial charge in [0.25, 0.3) is 7.60 Å². The molecule has 11 heteroatoms. The van der Waals surface area contributed by atoms with E-state index in [2.05, 4.69) is 0 Å². The normalized spacial score (nSPS) is 11.1. The van der Waals surface area contributed by atoms with Gasteiger partial charge in [0, 0.05) is 0 Å². The van der Waals surface area contributed by atoms with E-state index in [-0.39, 0.29) is 6.16 Å². The van der Waals surface area contributed by atoms with Gasteiger partial charge < -0.3 is 18.1 Å². The van der Waals surface area contributed by atoms with E-state index in [9.17, 15) is 9.13 Å². The molecule has 0 amide bonds. The molecule has 0 saturated carbocycles. The molecular weight excluding hydrogens is 600 g/mol. The van der Waals surface area contributed by atoms with Gasteiger partial charge in [-0.3, -0.25) is 4.57 Å². The zero-order chi connectivity index (χ0) is 26.4. The summed E-state index contributed by atoms with van der Waals surface area (Å²) >= 11 is 0.569. The van der Waals surface area contributed by atoms with E-state index in [1.54, 1.807) is 97.1 Å². The van der Waals surface area contributed by atoms with Crippen molar-refractivity contribution in [3.63, 3.8) is 0 Å². The zero-order valence-corrected chi connectivity index (χ0v) is 23.5. The van der Waals surface area contributed by atoms with Gasteiger partial charge in [0.05, 0.1) is 0 Å². The molecule has 0 unspecified atom stereocenters. The van der Waals surface area contributed by atoms with Gasteiger partial charge in [0.15, 0.2) is 0 Å². The van der Waals surface area contributed by atoms with Gasteiger partial charge in [-0.05, 0) is 54.7 Å². The summed E-state index contributed by atoms with van der Waals surface area (Å²) in [5.41, 5.74) is 0. The van der Waals surface area contributed by atoms with Crippen molar-refractivity contribution in [2.45, 2.75) is 0 Å². The Morgan fingerprint density at radius 1 is 0.541 bits per heavy atom. The molecule has 0 spiro atoms. The van der Waals surface area contributed by atoms with Crippen molar-refractivity contribution >= 4 is 35.6 Å². The number of rotatable bonds is 11. The Labute approximate surface area is 231 Å². The van der Waals surface area contributed by atoms with Crippen molar-refractivity contribution < 1.29 is 39.9 Å². The number of hydrogen-bond donors (Lipinski definition) is 0. The Kier molecular flexibility index (Phi) is 11.9. The van der Waals surface area contributed by atoms with Crippen LogP contribution in [-0.2, 0) is 21.8 Å². The summed E-state index contributed by atoms with van der Waals surface area (Å²) in [6, 6.07) is 34.6. The zero-order valence-electron chi connectivity index (χ0n) is 19.2. The molecule has 4 rings (SSSR count). The summed E-state index contributed by atoms with van der Waals surface area (Å²) in [4.78, 5) is 0. The summed E-state index contributed by atoms with van der Waals surface area (Å²) in [7, 11) is 1.62. The number of para-hydroxylation sites is 4. The fourth-order valence-corrected chi connectivity index (χ4v) is 6.62. The Morgan fingerprint density at radius 3 is 1.11 bits per heavy atom.